The summed E-state index contributed by atoms with van der Waals surface area (Å²) >= 11 is 6.04. The first kappa shape index (κ1) is 14.2. The standard InChI is InChI=1S/C12H13ClN2O3.ClH/c13-9-3-7(4-10-11(9)18-6-17-10)12(16)15-8-1-2-14-5-8;/h3-4,8,14H,1-2,5-6H2,(H,15,16);1H. The number of ether oxygens (including phenoxy) is 2. The van der Waals surface area contributed by atoms with Crippen molar-refractivity contribution < 1.29 is 14.3 Å². The van der Waals surface area contributed by atoms with Crippen LogP contribution < -0.4 is 20.1 Å². The van der Waals surface area contributed by atoms with E-state index < -0.39 is 0 Å². The largest absolute Gasteiger partial charge is 0.454 e. The lowest BCUT2D eigenvalue weighted by atomic mass is 10.1. The summed E-state index contributed by atoms with van der Waals surface area (Å²) in [6.07, 6.45) is 0.948. The number of carbonyl (C=O) groups excluding carboxylic acids is 1. The maximum absolute atomic E-state index is 12.1. The lowest BCUT2D eigenvalue weighted by Crippen LogP contribution is -2.36. The molecule has 104 valence electrons. The number of fused-ring (bicyclic) bond motifs is 1. The molecule has 1 aromatic carbocycles. The van der Waals surface area contributed by atoms with E-state index in [0.29, 0.717) is 22.1 Å². The fraction of sp³-hybridized carbons (Fsp3) is 0.417. The van der Waals surface area contributed by atoms with E-state index in [1.54, 1.807) is 12.1 Å². The summed E-state index contributed by atoms with van der Waals surface area (Å²) in [5, 5.41) is 6.56. The highest BCUT2D eigenvalue weighted by molar-refractivity contribution is 6.32. The van der Waals surface area contributed by atoms with E-state index in [2.05, 4.69) is 10.6 Å². The minimum atomic E-state index is -0.135. The first-order chi connectivity index (χ1) is 8.74. The summed E-state index contributed by atoms with van der Waals surface area (Å²) in [4.78, 5) is 12.1. The Morgan fingerprint density at radius 1 is 1.42 bits per heavy atom. The molecule has 0 aliphatic carbocycles. The maximum atomic E-state index is 12.1. The van der Waals surface area contributed by atoms with Gasteiger partial charge in [-0.05, 0) is 25.1 Å². The molecule has 0 spiro atoms. The van der Waals surface area contributed by atoms with E-state index >= 15 is 0 Å². The molecule has 1 aromatic rings. The molecule has 5 nitrogen and oxygen atoms in total. The van der Waals surface area contributed by atoms with Crippen molar-refractivity contribution in [1.29, 1.82) is 0 Å². The van der Waals surface area contributed by atoms with Crippen molar-refractivity contribution in [3.05, 3.63) is 22.7 Å². The number of amides is 1. The van der Waals surface area contributed by atoms with Gasteiger partial charge in [-0.3, -0.25) is 4.79 Å². The molecule has 0 aromatic heterocycles. The summed E-state index contributed by atoms with van der Waals surface area (Å²) in [5.41, 5.74) is 0.496. The molecule has 2 heterocycles. The van der Waals surface area contributed by atoms with Crippen molar-refractivity contribution >= 4 is 29.9 Å². The van der Waals surface area contributed by atoms with E-state index in [-0.39, 0.29) is 31.1 Å². The van der Waals surface area contributed by atoms with Crippen LogP contribution in [0.4, 0.5) is 0 Å². The third kappa shape index (κ3) is 2.88. The number of nitrogens with one attached hydrogen (secondary N) is 2. The molecule has 2 aliphatic heterocycles. The van der Waals surface area contributed by atoms with Crippen LogP contribution in [0.25, 0.3) is 0 Å². The maximum Gasteiger partial charge on any atom is 0.251 e. The van der Waals surface area contributed by atoms with Gasteiger partial charge >= 0.3 is 0 Å². The molecule has 2 N–H and O–H groups in total. The van der Waals surface area contributed by atoms with Crippen molar-refractivity contribution in [2.24, 2.45) is 0 Å². The zero-order valence-corrected chi connectivity index (χ0v) is 11.6. The minimum absolute atomic E-state index is 0. The minimum Gasteiger partial charge on any atom is -0.454 e. The monoisotopic (exact) mass is 304 g/mol. The van der Waals surface area contributed by atoms with Gasteiger partial charge in [-0.15, -0.1) is 12.4 Å². The third-order valence-electron chi connectivity index (χ3n) is 3.08. The van der Waals surface area contributed by atoms with Crippen LogP contribution in [-0.2, 0) is 0 Å². The fourth-order valence-corrected chi connectivity index (χ4v) is 2.41. The Bertz CT molecular complexity index is 490. The SMILES string of the molecule is Cl.O=C(NC1CCNC1)c1cc(Cl)c2c(c1)OCO2. The van der Waals surface area contributed by atoms with E-state index in [9.17, 15) is 4.79 Å². The fourth-order valence-electron chi connectivity index (χ4n) is 2.15. The molecule has 1 saturated heterocycles. The lowest BCUT2D eigenvalue weighted by Gasteiger charge is -2.11. The van der Waals surface area contributed by atoms with Crippen LogP contribution in [0.5, 0.6) is 11.5 Å². The Balaban J connectivity index is 0.00000133. The van der Waals surface area contributed by atoms with Gasteiger partial charge < -0.3 is 20.1 Å². The van der Waals surface area contributed by atoms with E-state index in [1.165, 1.54) is 0 Å². The predicted octanol–water partition coefficient (Wildman–Crippen LogP) is 1.58. The van der Waals surface area contributed by atoms with E-state index in [0.717, 1.165) is 19.5 Å². The first-order valence-electron chi connectivity index (χ1n) is 5.85. The van der Waals surface area contributed by atoms with E-state index in [1.807, 2.05) is 0 Å². The molecule has 7 heteroatoms. The second-order valence-corrected chi connectivity index (χ2v) is 4.76. The van der Waals surface area contributed by atoms with Gasteiger partial charge in [0.1, 0.15) is 0 Å². The molecule has 1 fully saturated rings. The highest BCUT2D eigenvalue weighted by atomic mass is 35.5. The average Bonchev–Trinajstić information content (AvgIpc) is 2.98. The molecule has 1 unspecified atom stereocenters. The Morgan fingerprint density at radius 2 is 2.26 bits per heavy atom. The second-order valence-electron chi connectivity index (χ2n) is 4.36. The Hall–Kier alpha value is -1.17. The molecule has 2 aliphatic rings. The quantitative estimate of drug-likeness (QED) is 0.871. The molecular weight excluding hydrogens is 291 g/mol. The Morgan fingerprint density at radius 3 is 3.00 bits per heavy atom. The summed E-state index contributed by atoms with van der Waals surface area (Å²) in [5.74, 6) is 0.900. The second kappa shape index (κ2) is 5.86. The molecular formula is C12H14Cl2N2O3. The van der Waals surface area contributed by atoms with Crippen molar-refractivity contribution in [3.63, 3.8) is 0 Å². The Labute approximate surface area is 122 Å². The number of rotatable bonds is 2. The summed E-state index contributed by atoms with van der Waals surface area (Å²) < 4.78 is 10.4. The number of hydrogen-bond donors (Lipinski definition) is 2. The van der Waals surface area contributed by atoms with Crippen LogP contribution in [0.2, 0.25) is 5.02 Å². The molecule has 0 radical (unpaired) electrons. The Kier molecular flexibility index (Phi) is 4.39. The number of benzene rings is 1. The molecule has 0 saturated carbocycles. The van der Waals surface area contributed by atoms with Gasteiger partial charge in [0.2, 0.25) is 6.79 Å². The van der Waals surface area contributed by atoms with Crippen LogP contribution in [0, 0.1) is 0 Å². The van der Waals surface area contributed by atoms with Gasteiger partial charge in [-0.1, -0.05) is 11.6 Å². The van der Waals surface area contributed by atoms with Crippen molar-refractivity contribution in [3.8, 4) is 11.5 Å². The van der Waals surface area contributed by atoms with Crippen LogP contribution >= 0.6 is 24.0 Å². The van der Waals surface area contributed by atoms with Gasteiger partial charge in [0.05, 0.1) is 5.02 Å². The topological polar surface area (TPSA) is 59.6 Å². The zero-order valence-electron chi connectivity index (χ0n) is 10.1. The van der Waals surface area contributed by atoms with Crippen LogP contribution in [0.1, 0.15) is 16.8 Å². The van der Waals surface area contributed by atoms with Gasteiger partial charge in [0.15, 0.2) is 11.5 Å². The molecule has 1 atom stereocenters. The van der Waals surface area contributed by atoms with Crippen LogP contribution in [-0.4, -0.2) is 31.8 Å². The third-order valence-corrected chi connectivity index (χ3v) is 3.37. The molecule has 0 bridgehead atoms. The average molecular weight is 305 g/mol. The lowest BCUT2D eigenvalue weighted by molar-refractivity contribution is 0.0939. The highest BCUT2D eigenvalue weighted by Gasteiger charge is 2.22. The van der Waals surface area contributed by atoms with Crippen molar-refractivity contribution in [2.75, 3.05) is 19.9 Å². The smallest absolute Gasteiger partial charge is 0.251 e. The summed E-state index contributed by atoms with van der Waals surface area (Å²) in [6.45, 7) is 1.89. The molecule has 1 amide bonds. The number of halogens is 2. The first-order valence-corrected chi connectivity index (χ1v) is 6.22. The van der Waals surface area contributed by atoms with Gasteiger partial charge in [0.25, 0.3) is 5.91 Å². The predicted molar refractivity (Wildman–Crippen MR) is 73.6 cm³/mol. The number of carbonyl (C=O) groups is 1. The summed E-state index contributed by atoms with van der Waals surface area (Å²) in [7, 11) is 0. The van der Waals surface area contributed by atoms with E-state index in [4.69, 9.17) is 21.1 Å². The van der Waals surface area contributed by atoms with Crippen molar-refractivity contribution in [2.45, 2.75) is 12.5 Å². The highest BCUT2D eigenvalue weighted by Crippen LogP contribution is 2.39. The van der Waals surface area contributed by atoms with Gasteiger partial charge in [-0.25, -0.2) is 0 Å². The van der Waals surface area contributed by atoms with Gasteiger partial charge in [0, 0.05) is 18.2 Å². The summed E-state index contributed by atoms with van der Waals surface area (Å²) in [6, 6.07) is 3.44. The number of hydrogen-bond acceptors (Lipinski definition) is 4. The normalized spacial score (nSPS) is 19.9. The van der Waals surface area contributed by atoms with Crippen LogP contribution in [0.15, 0.2) is 12.1 Å². The zero-order chi connectivity index (χ0) is 12.5. The van der Waals surface area contributed by atoms with Crippen molar-refractivity contribution in [1.82, 2.24) is 10.6 Å². The van der Waals surface area contributed by atoms with Crippen LogP contribution in [0.3, 0.4) is 0 Å². The molecule has 3 rings (SSSR count). The molecule has 19 heavy (non-hydrogen) atoms. The van der Waals surface area contributed by atoms with Gasteiger partial charge in [-0.2, -0.15) is 0 Å².